The third kappa shape index (κ3) is 2.86. The maximum atomic E-state index is 11.6. The zero-order chi connectivity index (χ0) is 14.5. The number of aryl methyl sites for hydroxylation is 1. The van der Waals surface area contributed by atoms with Crippen LogP contribution in [0.5, 0.6) is 5.75 Å². The first-order valence-electron chi connectivity index (χ1n) is 5.92. The molecular formula is C14H14N2O4. The molecule has 0 saturated heterocycles. The Bertz CT molecular complexity index is 633. The molecule has 6 nitrogen and oxygen atoms in total. The van der Waals surface area contributed by atoms with E-state index in [0.717, 1.165) is 0 Å². The maximum Gasteiger partial charge on any atom is 0.307 e. The second kappa shape index (κ2) is 6.03. The summed E-state index contributed by atoms with van der Waals surface area (Å²) in [6.45, 7) is 1.50. The number of carbonyl (C=O) groups excluding carboxylic acids is 1. The Labute approximate surface area is 115 Å². The van der Waals surface area contributed by atoms with Crippen LogP contribution >= 0.6 is 0 Å². The number of phenolic OH excluding ortho intramolecular Hbond substituents is 1. The van der Waals surface area contributed by atoms with Crippen molar-refractivity contribution in [3.63, 3.8) is 0 Å². The standard InChI is InChI=1S/C14H14N2O4/c1-9-4-5-10(8-17)11(13(9)18)7-15-16-14(19)12-3-2-6-20-12/h2-7,17-18H,8H2,1H3,(H,16,19)/b15-7+. The van der Waals surface area contributed by atoms with Gasteiger partial charge in [0.05, 0.1) is 19.1 Å². The van der Waals surface area contributed by atoms with E-state index in [-0.39, 0.29) is 18.1 Å². The van der Waals surface area contributed by atoms with Gasteiger partial charge in [0.15, 0.2) is 5.76 Å². The van der Waals surface area contributed by atoms with Crippen molar-refractivity contribution in [2.24, 2.45) is 5.10 Å². The minimum Gasteiger partial charge on any atom is -0.507 e. The smallest absolute Gasteiger partial charge is 0.307 e. The molecule has 2 aromatic rings. The van der Waals surface area contributed by atoms with Crippen molar-refractivity contribution in [1.82, 2.24) is 5.43 Å². The number of aromatic hydroxyl groups is 1. The molecule has 0 fully saturated rings. The van der Waals surface area contributed by atoms with Crippen molar-refractivity contribution >= 4 is 12.1 Å². The van der Waals surface area contributed by atoms with E-state index in [2.05, 4.69) is 10.5 Å². The Morgan fingerprint density at radius 3 is 2.90 bits per heavy atom. The van der Waals surface area contributed by atoms with Gasteiger partial charge >= 0.3 is 5.91 Å². The molecule has 1 aromatic carbocycles. The van der Waals surface area contributed by atoms with Crippen LogP contribution in [0.2, 0.25) is 0 Å². The summed E-state index contributed by atoms with van der Waals surface area (Å²) in [5.74, 6) is -0.338. The quantitative estimate of drug-likeness (QED) is 0.582. The molecule has 0 aliphatic heterocycles. The number of carbonyl (C=O) groups is 1. The largest absolute Gasteiger partial charge is 0.507 e. The van der Waals surface area contributed by atoms with E-state index >= 15 is 0 Å². The van der Waals surface area contributed by atoms with E-state index in [0.29, 0.717) is 16.7 Å². The predicted molar refractivity (Wildman–Crippen MR) is 72.5 cm³/mol. The van der Waals surface area contributed by atoms with Crippen molar-refractivity contribution in [1.29, 1.82) is 0 Å². The number of nitrogens with one attached hydrogen (secondary N) is 1. The van der Waals surface area contributed by atoms with Crippen molar-refractivity contribution in [2.75, 3.05) is 0 Å². The second-order valence-electron chi connectivity index (χ2n) is 4.14. The van der Waals surface area contributed by atoms with Gasteiger partial charge in [-0.25, -0.2) is 5.43 Å². The lowest BCUT2D eigenvalue weighted by molar-refractivity contribution is 0.0927. The molecule has 0 aliphatic carbocycles. The molecule has 0 saturated carbocycles. The van der Waals surface area contributed by atoms with E-state index in [1.807, 2.05) is 0 Å². The molecule has 1 amide bonds. The molecule has 0 spiro atoms. The van der Waals surface area contributed by atoms with Gasteiger partial charge < -0.3 is 14.6 Å². The normalized spacial score (nSPS) is 10.9. The van der Waals surface area contributed by atoms with Gasteiger partial charge in [0.1, 0.15) is 5.75 Å². The zero-order valence-electron chi connectivity index (χ0n) is 10.8. The Balaban J connectivity index is 2.15. The Morgan fingerprint density at radius 1 is 1.45 bits per heavy atom. The van der Waals surface area contributed by atoms with Crippen molar-refractivity contribution in [3.05, 3.63) is 53.0 Å². The van der Waals surface area contributed by atoms with Crippen LogP contribution in [-0.2, 0) is 6.61 Å². The number of hydrogen-bond donors (Lipinski definition) is 3. The van der Waals surface area contributed by atoms with E-state index < -0.39 is 5.91 Å². The molecule has 1 heterocycles. The van der Waals surface area contributed by atoms with Crippen LogP contribution in [0.4, 0.5) is 0 Å². The number of aliphatic hydroxyl groups excluding tert-OH is 1. The molecule has 0 radical (unpaired) electrons. The fourth-order valence-corrected chi connectivity index (χ4v) is 1.66. The number of rotatable bonds is 4. The summed E-state index contributed by atoms with van der Waals surface area (Å²) < 4.78 is 4.91. The summed E-state index contributed by atoms with van der Waals surface area (Å²) in [5, 5.41) is 22.9. The molecule has 0 atom stereocenters. The molecule has 3 N–H and O–H groups in total. The van der Waals surface area contributed by atoms with Gasteiger partial charge in [-0.05, 0) is 30.2 Å². The van der Waals surface area contributed by atoms with Gasteiger partial charge in [0.2, 0.25) is 0 Å². The average Bonchev–Trinajstić information content (AvgIpc) is 2.97. The van der Waals surface area contributed by atoms with Crippen LogP contribution < -0.4 is 5.43 Å². The number of phenols is 1. The first-order chi connectivity index (χ1) is 9.63. The van der Waals surface area contributed by atoms with Crippen molar-refractivity contribution in [2.45, 2.75) is 13.5 Å². The van der Waals surface area contributed by atoms with Crippen LogP contribution in [0.15, 0.2) is 40.0 Å². The monoisotopic (exact) mass is 274 g/mol. The lowest BCUT2D eigenvalue weighted by Crippen LogP contribution is -2.16. The molecule has 1 aromatic heterocycles. The van der Waals surface area contributed by atoms with Gasteiger partial charge in [-0.15, -0.1) is 0 Å². The van der Waals surface area contributed by atoms with E-state index in [1.54, 1.807) is 25.1 Å². The van der Waals surface area contributed by atoms with Crippen LogP contribution in [-0.4, -0.2) is 22.3 Å². The Hall–Kier alpha value is -2.60. The highest BCUT2D eigenvalue weighted by atomic mass is 16.3. The number of hydrazone groups is 1. The third-order valence-corrected chi connectivity index (χ3v) is 2.78. The first kappa shape index (κ1) is 13.8. The van der Waals surface area contributed by atoms with Gasteiger partial charge in [-0.3, -0.25) is 4.79 Å². The molecule has 2 rings (SSSR count). The molecule has 0 unspecified atom stereocenters. The van der Waals surface area contributed by atoms with E-state index in [9.17, 15) is 15.0 Å². The molecule has 6 heteroatoms. The van der Waals surface area contributed by atoms with Crippen LogP contribution in [0.3, 0.4) is 0 Å². The lowest BCUT2D eigenvalue weighted by atomic mass is 10.0. The number of aliphatic hydroxyl groups is 1. The summed E-state index contributed by atoms with van der Waals surface area (Å²) >= 11 is 0. The van der Waals surface area contributed by atoms with E-state index in [1.165, 1.54) is 18.5 Å². The number of nitrogens with zero attached hydrogens (tertiary/aromatic N) is 1. The number of amides is 1. The fourth-order valence-electron chi connectivity index (χ4n) is 1.66. The van der Waals surface area contributed by atoms with Gasteiger partial charge in [0.25, 0.3) is 0 Å². The van der Waals surface area contributed by atoms with Crippen molar-refractivity contribution < 1.29 is 19.4 Å². The van der Waals surface area contributed by atoms with Crippen LogP contribution in [0.25, 0.3) is 0 Å². The lowest BCUT2D eigenvalue weighted by Gasteiger charge is -2.07. The topological polar surface area (TPSA) is 95.1 Å². The van der Waals surface area contributed by atoms with Gasteiger partial charge in [-0.2, -0.15) is 5.10 Å². The number of furan rings is 1. The molecule has 104 valence electrons. The van der Waals surface area contributed by atoms with E-state index in [4.69, 9.17) is 4.42 Å². The van der Waals surface area contributed by atoms with Crippen LogP contribution in [0.1, 0.15) is 27.2 Å². The minimum atomic E-state index is -0.496. The predicted octanol–water partition coefficient (Wildman–Crippen LogP) is 1.55. The Morgan fingerprint density at radius 2 is 2.25 bits per heavy atom. The molecule has 20 heavy (non-hydrogen) atoms. The Kier molecular flexibility index (Phi) is 4.17. The highest BCUT2D eigenvalue weighted by Gasteiger charge is 2.09. The first-order valence-corrected chi connectivity index (χ1v) is 5.92. The third-order valence-electron chi connectivity index (χ3n) is 2.78. The average molecular weight is 274 g/mol. The summed E-state index contributed by atoms with van der Waals surface area (Å²) in [6, 6.07) is 6.48. The molecule has 0 aliphatic rings. The van der Waals surface area contributed by atoms with Gasteiger partial charge in [-0.1, -0.05) is 12.1 Å². The highest BCUT2D eigenvalue weighted by molar-refractivity contribution is 5.93. The summed E-state index contributed by atoms with van der Waals surface area (Å²) in [5.41, 5.74) is 3.81. The molecule has 0 bridgehead atoms. The summed E-state index contributed by atoms with van der Waals surface area (Å²) in [7, 11) is 0. The number of benzene rings is 1. The number of hydrogen-bond acceptors (Lipinski definition) is 5. The minimum absolute atomic E-state index is 0.0209. The molecular weight excluding hydrogens is 260 g/mol. The highest BCUT2D eigenvalue weighted by Crippen LogP contribution is 2.23. The fraction of sp³-hybridized carbons (Fsp3) is 0.143. The van der Waals surface area contributed by atoms with Crippen molar-refractivity contribution in [3.8, 4) is 5.75 Å². The zero-order valence-corrected chi connectivity index (χ0v) is 10.8. The second-order valence-corrected chi connectivity index (χ2v) is 4.14. The maximum absolute atomic E-state index is 11.6. The summed E-state index contributed by atoms with van der Waals surface area (Å²) in [6.07, 6.45) is 2.67. The van der Waals surface area contributed by atoms with Gasteiger partial charge in [0, 0.05) is 5.56 Å². The van der Waals surface area contributed by atoms with Crippen LogP contribution in [0, 0.1) is 6.92 Å². The summed E-state index contributed by atoms with van der Waals surface area (Å²) in [4.78, 5) is 11.6. The SMILES string of the molecule is Cc1ccc(CO)c(/C=N/NC(=O)c2ccco2)c1O.